The number of aryl methyl sites for hydroxylation is 2. The van der Waals surface area contributed by atoms with Gasteiger partial charge in [0.15, 0.2) is 5.96 Å². The quantitative estimate of drug-likeness (QED) is 0.256. The minimum absolute atomic E-state index is 0. The van der Waals surface area contributed by atoms with E-state index in [0.29, 0.717) is 0 Å². The van der Waals surface area contributed by atoms with Gasteiger partial charge in [0.1, 0.15) is 0 Å². The van der Waals surface area contributed by atoms with E-state index in [1.807, 2.05) is 30.2 Å². The zero-order chi connectivity index (χ0) is 17.9. The SMILES string of the molecule is CCN(CCNC(=NC)NCCCn1cccn1)c1ccccc1C.I. The van der Waals surface area contributed by atoms with Crippen LogP contribution in [0.25, 0.3) is 0 Å². The molecule has 2 N–H and O–H groups in total. The first kappa shape index (κ1) is 22.3. The molecule has 6 nitrogen and oxygen atoms in total. The number of aliphatic imine (C=N–C) groups is 1. The normalized spacial score (nSPS) is 11.0. The standard InChI is InChI=1S/C19H30N6.HI/c1-4-24(18-10-6-5-9-17(18)2)16-13-22-19(20-3)21-11-7-14-25-15-8-12-23-25;/h5-6,8-10,12,15H,4,7,11,13-14,16H2,1-3H3,(H2,20,21,22);1H. The van der Waals surface area contributed by atoms with Crippen LogP contribution in [0.3, 0.4) is 0 Å². The Morgan fingerprint density at radius 1 is 1.19 bits per heavy atom. The molecule has 1 heterocycles. The van der Waals surface area contributed by atoms with E-state index in [-0.39, 0.29) is 24.0 Å². The molecule has 0 aliphatic heterocycles. The molecule has 144 valence electrons. The van der Waals surface area contributed by atoms with Crippen LogP contribution in [0, 0.1) is 6.92 Å². The molecule has 0 fully saturated rings. The van der Waals surface area contributed by atoms with Gasteiger partial charge >= 0.3 is 0 Å². The van der Waals surface area contributed by atoms with Gasteiger partial charge in [-0.3, -0.25) is 9.67 Å². The Bertz CT molecular complexity index is 641. The van der Waals surface area contributed by atoms with E-state index in [9.17, 15) is 0 Å². The van der Waals surface area contributed by atoms with Gasteiger partial charge in [-0.2, -0.15) is 5.10 Å². The van der Waals surface area contributed by atoms with E-state index in [1.54, 1.807) is 0 Å². The lowest BCUT2D eigenvalue weighted by atomic mass is 10.2. The topological polar surface area (TPSA) is 57.5 Å². The predicted octanol–water partition coefficient (Wildman–Crippen LogP) is 2.89. The van der Waals surface area contributed by atoms with Crippen molar-refractivity contribution in [2.24, 2.45) is 4.99 Å². The highest BCUT2D eigenvalue weighted by Gasteiger charge is 2.06. The Balaban J connectivity index is 0.00000338. The highest BCUT2D eigenvalue weighted by atomic mass is 127. The van der Waals surface area contributed by atoms with E-state index in [2.05, 4.69) is 63.7 Å². The third-order valence-corrected chi connectivity index (χ3v) is 4.15. The van der Waals surface area contributed by atoms with Gasteiger partial charge in [-0.15, -0.1) is 24.0 Å². The molecule has 0 aliphatic carbocycles. The molecule has 26 heavy (non-hydrogen) atoms. The number of anilines is 1. The minimum Gasteiger partial charge on any atom is -0.370 e. The highest BCUT2D eigenvalue weighted by molar-refractivity contribution is 14.0. The number of benzene rings is 1. The minimum atomic E-state index is 0. The van der Waals surface area contributed by atoms with Gasteiger partial charge in [-0.1, -0.05) is 18.2 Å². The summed E-state index contributed by atoms with van der Waals surface area (Å²) >= 11 is 0. The van der Waals surface area contributed by atoms with Crippen LogP contribution in [-0.2, 0) is 6.54 Å². The number of nitrogens with zero attached hydrogens (tertiary/aromatic N) is 4. The van der Waals surface area contributed by atoms with Crippen molar-refractivity contribution < 1.29 is 0 Å². The summed E-state index contributed by atoms with van der Waals surface area (Å²) in [6, 6.07) is 10.5. The van der Waals surface area contributed by atoms with Crippen molar-refractivity contribution in [3.05, 3.63) is 48.3 Å². The molecule has 2 rings (SSSR count). The maximum Gasteiger partial charge on any atom is 0.191 e. The second-order valence-electron chi connectivity index (χ2n) is 5.91. The molecule has 2 aromatic rings. The van der Waals surface area contributed by atoms with Crippen LogP contribution < -0.4 is 15.5 Å². The second-order valence-corrected chi connectivity index (χ2v) is 5.91. The summed E-state index contributed by atoms with van der Waals surface area (Å²) in [5.41, 5.74) is 2.61. The number of para-hydroxylation sites is 1. The Morgan fingerprint density at radius 2 is 1.96 bits per heavy atom. The Morgan fingerprint density at radius 3 is 2.62 bits per heavy atom. The number of guanidine groups is 1. The van der Waals surface area contributed by atoms with Crippen molar-refractivity contribution in [3.8, 4) is 0 Å². The van der Waals surface area contributed by atoms with Crippen molar-refractivity contribution >= 4 is 35.6 Å². The maximum atomic E-state index is 4.29. The van der Waals surface area contributed by atoms with Crippen molar-refractivity contribution in [2.75, 3.05) is 38.1 Å². The van der Waals surface area contributed by atoms with Crippen molar-refractivity contribution in [1.29, 1.82) is 0 Å². The van der Waals surface area contributed by atoms with Crippen molar-refractivity contribution in [3.63, 3.8) is 0 Å². The number of likely N-dealkylation sites (N-methyl/N-ethyl adjacent to an activating group) is 1. The van der Waals surface area contributed by atoms with Crippen molar-refractivity contribution in [1.82, 2.24) is 20.4 Å². The fourth-order valence-electron chi connectivity index (χ4n) is 2.78. The first-order valence-corrected chi connectivity index (χ1v) is 8.97. The van der Waals surface area contributed by atoms with Gasteiger partial charge in [0.25, 0.3) is 0 Å². The molecule has 0 atom stereocenters. The summed E-state index contributed by atoms with van der Waals surface area (Å²) in [5, 5.41) is 11.0. The first-order valence-electron chi connectivity index (χ1n) is 8.97. The van der Waals surface area contributed by atoms with Crippen LogP contribution in [0.1, 0.15) is 18.9 Å². The van der Waals surface area contributed by atoms with Gasteiger partial charge in [-0.05, 0) is 38.0 Å². The van der Waals surface area contributed by atoms with E-state index >= 15 is 0 Å². The fraction of sp³-hybridized carbons (Fsp3) is 0.474. The van der Waals surface area contributed by atoms with Crippen LogP contribution in [0.15, 0.2) is 47.7 Å². The smallest absolute Gasteiger partial charge is 0.191 e. The molecule has 0 unspecified atom stereocenters. The summed E-state index contributed by atoms with van der Waals surface area (Å²) < 4.78 is 1.94. The van der Waals surface area contributed by atoms with Gasteiger partial charge in [0.05, 0.1) is 0 Å². The molecule has 0 amide bonds. The number of nitrogens with one attached hydrogen (secondary N) is 2. The number of hydrogen-bond donors (Lipinski definition) is 2. The van der Waals surface area contributed by atoms with Crippen LogP contribution >= 0.6 is 24.0 Å². The fourth-order valence-corrected chi connectivity index (χ4v) is 2.78. The molecule has 0 radical (unpaired) electrons. The Labute approximate surface area is 174 Å². The predicted molar refractivity (Wildman–Crippen MR) is 121 cm³/mol. The third-order valence-electron chi connectivity index (χ3n) is 4.15. The van der Waals surface area contributed by atoms with Gasteiger partial charge in [-0.25, -0.2) is 0 Å². The number of rotatable bonds is 9. The number of halogens is 1. The van der Waals surface area contributed by atoms with Crippen molar-refractivity contribution in [2.45, 2.75) is 26.8 Å². The zero-order valence-corrected chi connectivity index (χ0v) is 18.3. The maximum absolute atomic E-state index is 4.29. The number of hydrogen-bond acceptors (Lipinski definition) is 3. The molecule has 0 saturated heterocycles. The lowest BCUT2D eigenvalue weighted by molar-refractivity contribution is 0.570. The highest BCUT2D eigenvalue weighted by Crippen LogP contribution is 2.18. The van der Waals surface area contributed by atoms with Crippen LogP contribution in [0.5, 0.6) is 0 Å². The molecule has 0 bridgehead atoms. The average molecular weight is 470 g/mol. The summed E-state index contributed by atoms with van der Waals surface area (Å²) in [4.78, 5) is 6.67. The lowest BCUT2D eigenvalue weighted by Gasteiger charge is -2.25. The second kappa shape index (κ2) is 12.6. The van der Waals surface area contributed by atoms with Gasteiger partial charge < -0.3 is 15.5 Å². The molecule has 0 aliphatic rings. The zero-order valence-electron chi connectivity index (χ0n) is 16.0. The first-order chi connectivity index (χ1) is 12.2. The number of aromatic nitrogens is 2. The summed E-state index contributed by atoms with van der Waals surface area (Å²) in [7, 11) is 1.81. The molecule has 0 spiro atoms. The lowest BCUT2D eigenvalue weighted by Crippen LogP contribution is -2.42. The van der Waals surface area contributed by atoms with Crippen LogP contribution in [0.2, 0.25) is 0 Å². The molecule has 0 saturated carbocycles. The van der Waals surface area contributed by atoms with E-state index < -0.39 is 0 Å². The van der Waals surface area contributed by atoms with Gasteiger partial charge in [0, 0.05) is 57.9 Å². The molecule has 1 aromatic heterocycles. The van der Waals surface area contributed by atoms with Gasteiger partial charge in [0.2, 0.25) is 0 Å². The molecule has 7 heteroatoms. The summed E-state index contributed by atoms with van der Waals surface area (Å²) in [5.74, 6) is 0.848. The van der Waals surface area contributed by atoms with E-state index in [0.717, 1.165) is 45.1 Å². The Hall–Kier alpha value is -1.77. The van der Waals surface area contributed by atoms with E-state index in [4.69, 9.17) is 0 Å². The van der Waals surface area contributed by atoms with E-state index in [1.165, 1.54) is 11.3 Å². The average Bonchev–Trinajstić information content (AvgIpc) is 3.15. The monoisotopic (exact) mass is 470 g/mol. The Kier molecular flexibility index (Phi) is 10.8. The van der Waals surface area contributed by atoms with Crippen LogP contribution in [-0.4, -0.2) is 49.0 Å². The third kappa shape index (κ3) is 7.23. The molecule has 1 aromatic carbocycles. The summed E-state index contributed by atoms with van der Waals surface area (Å²) in [6.07, 6.45) is 4.80. The largest absolute Gasteiger partial charge is 0.370 e. The summed E-state index contributed by atoms with van der Waals surface area (Å²) in [6.45, 7) is 8.90. The molecular formula is C19H31IN6. The molecular weight excluding hydrogens is 439 g/mol. The van der Waals surface area contributed by atoms with Crippen LogP contribution in [0.4, 0.5) is 5.69 Å².